The van der Waals surface area contributed by atoms with Gasteiger partial charge in [0.15, 0.2) is 11.0 Å². The molecule has 1 aliphatic heterocycles. The van der Waals surface area contributed by atoms with Crippen LogP contribution in [0.4, 0.5) is 4.39 Å². The Hall–Kier alpha value is -0.870. The molecular formula is C10H15FN2O12P2S. The molecule has 0 aromatic carbocycles. The Kier molecular flexibility index (Phi) is 6.32. The lowest BCUT2D eigenvalue weighted by Gasteiger charge is -2.24. The zero-order chi connectivity index (χ0) is 22.4. The van der Waals surface area contributed by atoms with Crippen molar-refractivity contribution in [2.75, 3.05) is 6.61 Å². The number of nitrogens with zero attached hydrogens (tertiary/aromatic N) is 1. The Bertz CT molecular complexity index is 1000. The third-order valence-corrected chi connectivity index (χ3v) is 5.76. The van der Waals surface area contributed by atoms with Gasteiger partial charge < -0.3 is 34.7 Å². The van der Waals surface area contributed by atoms with Gasteiger partial charge in [-0.15, -0.1) is 0 Å². The molecule has 5 atom stereocenters. The summed E-state index contributed by atoms with van der Waals surface area (Å²) >= 11 is 4.79. The lowest BCUT2D eigenvalue weighted by Crippen LogP contribution is -2.42. The van der Waals surface area contributed by atoms with Crippen molar-refractivity contribution in [1.29, 1.82) is 0 Å². The number of aliphatic hydroxyl groups excluding tert-OH is 3. The largest absolute Gasteiger partial charge is 0.481 e. The summed E-state index contributed by atoms with van der Waals surface area (Å²) in [7, 11) is -11.1. The van der Waals surface area contributed by atoms with Crippen molar-refractivity contribution in [2.24, 2.45) is 0 Å². The molecule has 0 aliphatic carbocycles. The molecule has 0 bridgehead atoms. The van der Waals surface area contributed by atoms with E-state index in [1.807, 2.05) is 4.98 Å². The number of aliphatic hydroxyl groups is 3. The number of rotatable bonds is 7. The third-order valence-electron chi connectivity index (χ3n) is 3.33. The van der Waals surface area contributed by atoms with E-state index in [-0.39, 0.29) is 5.56 Å². The van der Waals surface area contributed by atoms with Gasteiger partial charge in [-0.3, -0.25) is 18.9 Å². The average Bonchev–Trinajstić information content (AvgIpc) is 2.73. The second kappa shape index (κ2) is 8.10. The molecule has 14 nitrogen and oxygen atoms in total. The minimum atomic E-state index is -5.54. The van der Waals surface area contributed by atoms with E-state index in [9.17, 15) is 33.4 Å². The van der Waals surface area contributed by atoms with Crippen molar-refractivity contribution in [3.8, 4) is 0 Å². The van der Waals surface area contributed by atoms with E-state index in [1.165, 1.54) is 0 Å². The molecule has 1 aliphatic rings. The number of hydrogen-bond donors (Lipinski definition) is 7. The van der Waals surface area contributed by atoms with E-state index in [1.54, 1.807) is 0 Å². The zero-order valence-corrected chi connectivity index (χ0v) is 16.0. The third kappa shape index (κ3) is 5.18. The highest BCUT2D eigenvalue weighted by Gasteiger charge is 2.57. The van der Waals surface area contributed by atoms with Crippen LogP contribution in [0.5, 0.6) is 0 Å². The van der Waals surface area contributed by atoms with Crippen molar-refractivity contribution < 1.29 is 58.5 Å². The van der Waals surface area contributed by atoms with E-state index in [2.05, 4.69) is 13.6 Å². The molecule has 160 valence electrons. The van der Waals surface area contributed by atoms with Crippen LogP contribution >= 0.6 is 27.9 Å². The molecule has 1 unspecified atom stereocenters. The molecule has 7 N–H and O–H groups in total. The van der Waals surface area contributed by atoms with Crippen LogP contribution in [0.3, 0.4) is 0 Å². The van der Waals surface area contributed by atoms with Gasteiger partial charge in [0.25, 0.3) is 11.4 Å². The van der Waals surface area contributed by atoms with Crippen LogP contribution in [-0.2, 0) is 29.3 Å². The number of aromatic nitrogens is 2. The van der Waals surface area contributed by atoms with E-state index in [4.69, 9.17) is 28.5 Å². The van der Waals surface area contributed by atoms with E-state index >= 15 is 0 Å². The average molecular weight is 469 g/mol. The van der Waals surface area contributed by atoms with Crippen LogP contribution in [0.1, 0.15) is 13.1 Å². The minimum absolute atomic E-state index is 0.363. The fourth-order valence-electron chi connectivity index (χ4n) is 2.09. The summed E-state index contributed by atoms with van der Waals surface area (Å²) in [4.78, 5) is 39.8. The SMILES string of the molecule is [2H][C@@]1(n2cc(CO)c(=O)[nH]c2=S)O[C@](F)(COP(=O)(O)OP(=O)(O)O)[C@@H](O)[C@H]1O. The lowest BCUT2D eigenvalue weighted by molar-refractivity contribution is -0.204. The fourth-order valence-corrected chi connectivity index (χ4v) is 3.92. The van der Waals surface area contributed by atoms with Gasteiger partial charge in [0, 0.05) is 6.20 Å². The van der Waals surface area contributed by atoms with Gasteiger partial charge in [-0.25, -0.2) is 13.5 Å². The van der Waals surface area contributed by atoms with E-state index < -0.39 is 63.5 Å². The minimum Gasteiger partial charge on any atom is -0.391 e. The van der Waals surface area contributed by atoms with Crippen LogP contribution < -0.4 is 5.56 Å². The molecule has 1 aromatic heterocycles. The van der Waals surface area contributed by atoms with Crippen LogP contribution in [0, 0.1) is 4.77 Å². The number of H-pyrrole nitrogens is 1. The first-order valence-electron chi connectivity index (χ1n) is 7.50. The lowest BCUT2D eigenvalue weighted by atomic mass is 10.1. The smallest absolute Gasteiger partial charge is 0.391 e. The summed E-state index contributed by atoms with van der Waals surface area (Å²) < 4.78 is 57.3. The van der Waals surface area contributed by atoms with Crippen molar-refractivity contribution in [3.05, 3.63) is 26.9 Å². The maximum atomic E-state index is 15.0. The number of hydrogen-bond acceptors (Lipinski definition) is 10. The first-order valence-corrected chi connectivity index (χ1v) is 10.4. The van der Waals surface area contributed by atoms with Crippen LogP contribution in [0.2, 0.25) is 0 Å². The Labute approximate surface area is 161 Å². The number of halogens is 1. The number of ether oxygens (including phenoxy) is 1. The highest BCUT2D eigenvalue weighted by Crippen LogP contribution is 2.58. The summed E-state index contributed by atoms with van der Waals surface area (Å²) in [6, 6.07) is 0. The monoisotopic (exact) mass is 469 g/mol. The Balaban J connectivity index is 2.36. The van der Waals surface area contributed by atoms with E-state index in [0.29, 0.717) is 4.57 Å². The maximum Gasteiger partial charge on any atom is 0.481 e. The van der Waals surface area contributed by atoms with Crippen molar-refractivity contribution in [3.63, 3.8) is 0 Å². The molecule has 1 fully saturated rings. The van der Waals surface area contributed by atoms with Gasteiger partial charge in [0.2, 0.25) is 0 Å². The first kappa shape index (κ1) is 21.8. The predicted octanol–water partition coefficient (Wildman–Crippen LogP) is -1.46. The van der Waals surface area contributed by atoms with Crippen molar-refractivity contribution >= 4 is 27.9 Å². The number of aromatic amines is 1. The quantitative estimate of drug-likeness (QED) is 0.179. The van der Waals surface area contributed by atoms with Gasteiger partial charge in [-0.05, 0) is 12.2 Å². The Morgan fingerprint density at radius 1 is 1.43 bits per heavy atom. The van der Waals surface area contributed by atoms with E-state index in [0.717, 1.165) is 6.20 Å². The topological polar surface area (TPSA) is 221 Å². The number of phosphoric acid groups is 2. The fraction of sp³-hybridized carbons (Fsp3) is 0.600. The number of alkyl halides is 1. The second-order valence-corrected chi connectivity index (χ2v) is 8.59. The normalized spacial score (nSPS) is 33.5. The maximum absolute atomic E-state index is 15.0. The highest BCUT2D eigenvalue weighted by molar-refractivity contribution is 7.71. The van der Waals surface area contributed by atoms with Crippen LogP contribution in [0.15, 0.2) is 11.0 Å². The van der Waals surface area contributed by atoms with Gasteiger partial charge in [0.1, 0.15) is 18.8 Å². The molecule has 28 heavy (non-hydrogen) atoms. The summed E-state index contributed by atoms with van der Waals surface area (Å²) in [5.41, 5.74) is -1.21. The van der Waals surface area contributed by atoms with Gasteiger partial charge in [-0.2, -0.15) is 4.31 Å². The Morgan fingerprint density at radius 2 is 2.04 bits per heavy atom. The molecule has 2 heterocycles. The molecule has 0 radical (unpaired) electrons. The molecule has 18 heteroatoms. The van der Waals surface area contributed by atoms with Crippen molar-refractivity contribution in [1.82, 2.24) is 9.55 Å². The Morgan fingerprint density at radius 3 is 2.57 bits per heavy atom. The van der Waals surface area contributed by atoms with Crippen LogP contribution in [0.25, 0.3) is 0 Å². The number of phosphoric ester groups is 1. The molecule has 0 amide bonds. The second-order valence-electron chi connectivity index (χ2n) is 5.37. The van der Waals surface area contributed by atoms with Crippen LogP contribution in [-0.4, -0.2) is 64.2 Å². The zero-order valence-electron chi connectivity index (χ0n) is 14.4. The highest BCUT2D eigenvalue weighted by atomic mass is 32.1. The standard InChI is InChI=1S/C10H15FN2O12P2S/c11-10(3-23-27(21,22)25-26(18,19)20)6(16)5(15)8(24-10)13-1-4(2-14)7(17)12-9(13)28/h1,5-6,8,14-16H,2-3H2,(H,21,22)(H,12,17,28)(H2,18,19,20)/t5-,6+,8-,10-/m1/s1/i8D. The van der Waals surface area contributed by atoms with Gasteiger partial charge >= 0.3 is 15.6 Å². The molecule has 0 saturated carbocycles. The predicted molar refractivity (Wildman–Crippen MR) is 86.7 cm³/mol. The molecule has 1 aromatic rings. The summed E-state index contributed by atoms with van der Waals surface area (Å²) in [6.07, 6.45) is -7.21. The summed E-state index contributed by atoms with van der Waals surface area (Å²) in [5, 5.41) is 29.2. The molecule has 0 spiro atoms. The van der Waals surface area contributed by atoms with Gasteiger partial charge in [0.05, 0.1) is 13.5 Å². The molecular weight excluding hydrogens is 453 g/mol. The first-order chi connectivity index (χ1) is 13.0. The summed E-state index contributed by atoms with van der Waals surface area (Å²) in [6.45, 7) is -2.56. The van der Waals surface area contributed by atoms with Crippen molar-refractivity contribution in [2.45, 2.75) is 30.9 Å². The molecule has 1 saturated heterocycles. The number of nitrogens with one attached hydrogen (secondary N) is 1. The summed E-state index contributed by atoms with van der Waals surface area (Å²) in [5.74, 6) is -3.57. The van der Waals surface area contributed by atoms with Gasteiger partial charge in [-0.1, -0.05) is 0 Å². The molecule has 2 rings (SSSR count).